The van der Waals surface area contributed by atoms with Gasteiger partial charge in [-0.25, -0.2) is 13.1 Å². The van der Waals surface area contributed by atoms with Gasteiger partial charge in [0, 0.05) is 5.69 Å². The van der Waals surface area contributed by atoms with Gasteiger partial charge in [-0.15, -0.1) is 0 Å². The van der Waals surface area contributed by atoms with Gasteiger partial charge in [0.05, 0.1) is 12.2 Å². The molecule has 0 atom stereocenters. The SMILES string of the molecule is Cc1cccc(CNS(=O)(=O)c2ccc(CO)o2)n1. The minimum absolute atomic E-state index is 0.0825. The Morgan fingerprint density at radius 3 is 2.74 bits per heavy atom. The van der Waals surface area contributed by atoms with E-state index in [9.17, 15) is 8.42 Å². The zero-order valence-corrected chi connectivity index (χ0v) is 11.1. The summed E-state index contributed by atoms with van der Waals surface area (Å²) < 4.78 is 31.2. The Balaban J connectivity index is 2.09. The number of aliphatic hydroxyl groups excluding tert-OH is 1. The molecule has 2 rings (SSSR count). The molecule has 0 spiro atoms. The molecular weight excluding hydrogens is 268 g/mol. The van der Waals surface area contributed by atoms with Crippen LogP contribution in [0.5, 0.6) is 0 Å². The minimum Gasteiger partial charge on any atom is -0.446 e. The van der Waals surface area contributed by atoms with Crippen molar-refractivity contribution in [1.29, 1.82) is 0 Å². The van der Waals surface area contributed by atoms with Crippen molar-refractivity contribution >= 4 is 10.0 Å². The van der Waals surface area contributed by atoms with Crippen LogP contribution in [-0.4, -0.2) is 18.5 Å². The smallest absolute Gasteiger partial charge is 0.274 e. The number of pyridine rings is 1. The van der Waals surface area contributed by atoms with Gasteiger partial charge in [0.1, 0.15) is 12.4 Å². The van der Waals surface area contributed by atoms with Crippen molar-refractivity contribution in [3.8, 4) is 0 Å². The third-order valence-electron chi connectivity index (χ3n) is 2.45. The predicted molar refractivity (Wildman–Crippen MR) is 67.6 cm³/mol. The largest absolute Gasteiger partial charge is 0.446 e. The Kier molecular flexibility index (Phi) is 3.98. The van der Waals surface area contributed by atoms with Gasteiger partial charge in [0.2, 0.25) is 5.09 Å². The molecule has 7 heteroatoms. The molecule has 19 heavy (non-hydrogen) atoms. The standard InChI is InChI=1S/C12H14N2O4S/c1-9-3-2-4-10(14-9)7-13-19(16,17)12-6-5-11(8-15)18-12/h2-6,13,15H,7-8H2,1H3. The maximum Gasteiger partial charge on any atom is 0.274 e. The number of nitrogens with zero attached hydrogens (tertiary/aromatic N) is 1. The molecule has 2 N–H and O–H groups in total. The number of aliphatic hydroxyl groups is 1. The molecule has 0 saturated carbocycles. The zero-order valence-electron chi connectivity index (χ0n) is 10.3. The highest BCUT2D eigenvalue weighted by molar-refractivity contribution is 7.89. The monoisotopic (exact) mass is 282 g/mol. The molecule has 0 radical (unpaired) electrons. The number of rotatable bonds is 5. The lowest BCUT2D eigenvalue weighted by atomic mass is 10.3. The predicted octanol–water partition coefficient (Wildman–Crippen LogP) is 0.954. The molecular formula is C12H14N2O4S. The summed E-state index contributed by atoms with van der Waals surface area (Å²) >= 11 is 0. The van der Waals surface area contributed by atoms with Crippen LogP contribution in [0.25, 0.3) is 0 Å². The quantitative estimate of drug-likeness (QED) is 0.852. The second-order valence-corrected chi connectivity index (χ2v) is 5.67. The summed E-state index contributed by atoms with van der Waals surface area (Å²) in [5.41, 5.74) is 1.44. The molecule has 0 amide bonds. The summed E-state index contributed by atoms with van der Waals surface area (Å²) in [6, 6.07) is 8.09. The Morgan fingerprint density at radius 2 is 2.11 bits per heavy atom. The Morgan fingerprint density at radius 1 is 1.32 bits per heavy atom. The Bertz CT molecular complexity index is 664. The van der Waals surface area contributed by atoms with Gasteiger partial charge in [-0.2, -0.15) is 0 Å². The summed E-state index contributed by atoms with van der Waals surface area (Å²) in [4.78, 5) is 4.19. The molecule has 0 aliphatic heterocycles. The van der Waals surface area contributed by atoms with Gasteiger partial charge in [-0.3, -0.25) is 4.98 Å². The van der Waals surface area contributed by atoms with Crippen molar-refractivity contribution < 1.29 is 17.9 Å². The lowest BCUT2D eigenvalue weighted by Gasteiger charge is -2.04. The molecule has 102 valence electrons. The number of nitrogens with one attached hydrogen (secondary N) is 1. The van der Waals surface area contributed by atoms with Crippen LogP contribution in [0.4, 0.5) is 0 Å². The summed E-state index contributed by atoms with van der Waals surface area (Å²) in [7, 11) is -3.73. The van der Waals surface area contributed by atoms with Gasteiger partial charge in [-0.05, 0) is 31.2 Å². The van der Waals surface area contributed by atoms with E-state index in [4.69, 9.17) is 9.52 Å². The number of furan rings is 1. The molecule has 6 nitrogen and oxygen atoms in total. The van der Waals surface area contributed by atoms with Gasteiger partial charge in [0.15, 0.2) is 0 Å². The van der Waals surface area contributed by atoms with E-state index in [2.05, 4.69) is 9.71 Å². The molecule has 0 saturated heterocycles. The van der Waals surface area contributed by atoms with E-state index < -0.39 is 10.0 Å². The summed E-state index contributed by atoms with van der Waals surface area (Å²) in [6.45, 7) is 1.58. The molecule has 2 heterocycles. The second-order valence-electron chi connectivity index (χ2n) is 3.97. The third kappa shape index (κ3) is 3.40. The van der Waals surface area contributed by atoms with Crippen LogP contribution in [0.3, 0.4) is 0 Å². The average molecular weight is 282 g/mol. The normalized spacial score (nSPS) is 11.7. The van der Waals surface area contributed by atoms with E-state index in [1.807, 2.05) is 19.1 Å². The zero-order chi connectivity index (χ0) is 13.9. The van der Waals surface area contributed by atoms with Crippen LogP contribution < -0.4 is 4.72 Å². The lowest BCUT2D eigenvalue weighted by Crippen LogP contribution is -2.23. The fraction of sp³-hybridized carbons (Fsp3) is 0.250. The van der Waals surface area contributed by atoms with Crippen LogP contribution in [0.15, 0.2) is 39.8 Å². The van der Waals surface area contributed by atoms with Crippen LogP contribution in [0, 0.1) is 6.92 Å². The fourth-order valence-corrected chi connectivity index (χ4v) is 2.47. The molecule has 0 aromatic carbocycles. The molecule has 0 fully saturated rings. The maximum atomic E-state index is 11.9. The molecule has 0 unspecified atom stereocenters. The van der Waals surface area contributed by atoms with Gasteiger partial charge < -0.3 is 9.52 Å². The van der Waals surface area contributed by atoms with E-state index in [1.165, 1.54) is 12.1 Å². The first kappa shape index (κ1) is 13.7. The second kappa shape index (κ2) is 5.52. The number of aryl methyl sites for hydroxylation is 1. The minimum atomic E-state index is -3.73. The van der Waals surface area contributed by atoms with Crippen molar-refractivity contribution in [2.45, 2.75) is 25.2 Å². The average Bonchev–Trinajstić information content (AvgIpc) is 2.86. The molecule has 0 aliphatic rings. The Hall–Kier alpha value is -1.70. The van der Waals surface area contributed by atoms with Crippen LogP contribution in [0.2, 0.25) is 0 Å². The molecule has 0 bridgehead atoms. The topological polar surface area (TPSA) is 92.4 Å². The molecule has 0 aliphatic carbocycles. The number of sulfonamides is 1. The van der Waals surface area contributed by atoms with E-state index >= 15 is 0 Å². The Labute approximate surface area is 111 Å². The van der Waals surface area contributed by atoms with Crippen LogP contribution in [0.1, 0.15) is 17.1 Å². The van der Waals surface area contributed by atoms with E-state index in [-0.39, 0.29) is 24.0 Å². The van der Waals surface area contributed by atoms with Crippen LogP contribution in [-0.2, 0) is 23.2 Å². The highest BCUT2D eigenvalue weighted by atomic mass is 32.2. The van der Waals surface area contributed by atoms with Crippen molar-refractivity contribution in [2.75, 3.05) is 0 Å². The first-order valence-electron chi connectivity index (χ1n) is 5.63. The van der Waals surface area contributed by atoms with Crippen molar-refractivity contribution in [3.63, 3.8) is 0 Å². The molecule has 2 aromatic rings. The van der Waals surface area contributed by atoms with Crippen molar-refractivity contribution in [2.24, 2.45) is 0 Å². The first-order chi connectivity index (χ1) is 9.01. The van der Waals surface area contributed by atoms with E-state index in [0.29, 0.717) is 5.69 Å². The summed E-state index contributed by atoms with van der Waals surface area (Å²) in [6.07, 6.45) is 0. The summed E-state index contributed by atoms with van der Waals surface area (Å²) in [5, 5.41) is 8.62. The maximum absolute atomic E-state index is 11.9. The first-order valence-corrected chi connectivity index (χ1v) is 7.11. The van der Waals surface area contributed by atoms with Gasteiger partial charge in [-0.1, -0.05) is 6.07 Å². The number of aromatic nitrogens is 1. The number of hydrogen-bond donors (Lipinski definition) is 2. The van der Waals surface area contributed by atoms with E-state index in [1.54, 1.807) is 6.07 Å². The van der Waals surface area contributed by atoms with E-state index in [0.717, 1.165) is 5.69 Å². The van der Waals surface area contributed by atoms with Gasteiger partial charge in [0.25, 0.3) is 10.0 Å². The van der Waals surface area contributed by atoms with Crippen molar-refractivity contribution in [1.82, 2.24) is 9.71 Å². The molecule has 2 aromatic heterocycles. The number of hydrogen-bond acceptors (Lipinski definition) is 5. The van der Waals surface area contributed by atoms with Crippen LogP contribution >= 0.6 is 0 Å². The third-order valence-corrected chi connectivity index (χ3v) is 3.72. The highest BCUT2D eigenvalue weighted by Crippen LogP contribution is 2.14. The summed E-state index contributed by atoms with van der Waals surface area (Å²) in [5.74, 6) is 0.203. The lowest BCUT2D eigenvalue weighted by molar-refractivity contribution is 0.236. The highest BCUT2D eigenvalue weighted by Gasteiger charge is 2.18. The fourth-order valence-electron chi connectivity index (χ4n) is 1.53. The van der Waals surface area contributed by atoms with Crippen molar-refractivity contribution in [3.05, 3.63) is 47.5 Å². The van der Waals surface area contributed by atoms with Gasteiger partial charge >= 0.3 is 0 Å².